The van der Waals surface area contributed by atoms with Crippen molar-refractivity contribution in [3.63, 3.8) is 0 Å². The van der Waals surface area contributed by atoms with E-state index < -0.39 is 4.92 Å². The molecule has 1 amide bonds. The Hall–Kier alpha value is -2.66. The van der Waals surface area contributed by atoms with Crippen LogP contribution in [0.5, 0.6) is 0 Å². The number of hydrogen-bond acceptors (Lipinski definition) is 3. The predicted octanol–water partition coefficient (Wildman–Crippen LogP) is 4.21. The summed E-state index contributed by atoms with van der Waals surface area (Å²) in [6.07, 6.45) is 3.02. The highest BCUT2D eigenvalue weighted by molar-refractivity contribution is 6.30. The lowest BCUT2D eigenvalue weighted by Crippen LogP contribution is -2.09. The quantitative estimate of drug-likeness (QED) is 0.521. The number of nitrogens with one attached hydrogen (secondary N) is 1. The zero-order chi connectivity index (χ0) is 16.1. The topological polar surface area (TPSA) is 72.2 Å². The van der Waals surface area contributed by atoms with Crippen LogP contribution in [0.2, 0.25) is 5.02 Å². The third-order valence-corrected chi connectivity index (χ3v) is 3.19. The van der Waals surface area contributed by atoms with Gasteiger partial charge in [0.25, 0.3) is 5.69 Å². The fourth-order valence-electron chi connectivity index (χ4n) is 1.86. The molecule has 0 heterocycles. The maximum atomic E-state index is 11.9. The van der Waals surface area contributed by atoms with Crippen molar-refractivity contribution in [3.05, 3.63) is 74.8 Å². The Morgan fingerprint density at radius 3 is 2.68 bits per heavy atom. The second-order valence-electron chi connectivity index (χ2n) is 4.63. The zero-order valence-corrected chi connectivity index (χ0v) is 12.5. The van der Waals surface area contributed by atoms with Crippen molar-refractivity contribution in [2.24, 2.45) is 0 Å². The summed E-state index contributed by atoms with van der Waals surface area (Å²) in [5.41, 5.74) is 1.96. The lowest BCUT2D eigenvalue weighted by molar-refractivity contribution is -0.384. The summed E-state index contributed by atoms with van der Waals surface area (Å²) >= 11 is 5.86. The molecule has 0 bridgehead atoms. The average Bonchev–Trinajstić information content (AvgIpc) is 2.47. The molecule has 0 saturated heterocycles. The Balaban J connectivity index is 2.07. The van der Waals surface area contributed by atoms with Gasteiger partial charge in [-0.25, -0.2) is 0 Å². The predicted molar refractivity (Wildman–Crippen MR) is 86.9 cm³/mol. The first-order valence-corrected chi connectivity index (χ1v) is 6.83. The Morgan fingerprint density at radius 1 is 1.27 bits per heavy atom. The van der Waals surface area contributed by atoms with Gasteiger partial charge in [0.2, 0.25) is 5.91 Å². The van der Waals surface area contributed by atoms with Crippen LogP contribution in [0.3, 0.4) is 0 Å². The van der Waals surface area contributed by atoms with Crippen molar-refractivity contribution in [3.8, 4) is 0 Å². The molecule has 0 aromatic heterocycles. The molecule has 0 aliphatic rings. The number of carbonyl (C=O) groups excluding carboxylic acids is 1. The number of nitro groups is 1. The number of aryl methyl sites for hydroxylation is 1. The van der Waals surface area contributed by atoms with E-state index in [-0.39, 0.29) is 11.6 Å². The van der Waals surface area contributed by atoms with Crippen LogP contribution in [-0.4, -0.2) is 10.8 Å². The Labute approximate surface area is 132 Å². The zero-order valence-electron chi connectivity index (χ0n) is 11.7. The van der Waals surface area contributed by atoms with Crippen molar-refractivity contribution in [1.82, 2.24) is 0 Å². The smallest absolute Gasteiger partial charge is 0.269 e. The van der Waals surface area contributed by atoms with Crippen LogP contribution in [0.1, 0.15) is 11.1 Å². The highest BCUT2D eigenvalue weighted by Gasteiger charge is 2.09. The molecule has 1 N–H and O–H groups in total. The van der Waals surface area contributed by atoms with Crippen LogP contribution < -0.4 is 5.32 Å². The molecule has 0 saturated carbocycles. The number of nitro benzene ring substituents is 1. The second kappa shape index (κ2) is 6.87. The third-order valence-electron chi connectivity index (χ3n) is 2.95. The molecule has 6 heteroatoms. The van der Waals surface area contributed by atoms with E-state index >= 15 is 0 Å². The summed E-state index contributed by atoms with van der Waals surface area (Å²) in [4.78, 5) is 22.1. The third kappa shape index (κ3) is 4.17. The van der Waals surface area contributed by atoms with E-state index in [2.05, 4.69) is 5.32 Å². The van der Waals surface area contributed by atoms with Crippen molar-refractivity contribution in [2.45, 2.75) is 6.92 Å². The SMILES string of the molecule is Cc1cc([N+](=O)[O-])ccc1NC(=O)/C=C/c1cccc(Cl)c1. The molecule has 0 spiro atoms. The van der Waals surface area contributed by atoms with E-state index in [0.29, 0.717) is 16.3 Å². The van der Waals surface area contributed by atoms with Gasteiger partial charge in [0.15, 0.2) is 0 Å². The first kappa shape index (κ1) is 15.7. The fourth-order valence-corrected chi connectivity index (χ4v) is 2.06. The van der Waals surface area contributed by atoms with Crippen LogP contribution in [0.25, 0.3) is 6.08 Å². The van der Waals surface area contributed by atoms with Gasteiger partial charge in [-0.15, -0.1) is 0 Å². The number of rotatable bonds is 4. The minimum Gasteiger partial charge on any atom is -0.322 e. The summed E-state index contributed by atoms with van der Waals surface area (Å²) < 4.78 is 0. The average molecular weight is 317 g/mol. The van der Waals surface area contributed by atoms with Crippen LogP contribution in [-0.2, 0) is 4.79 Å². The lowest BCUT2D eigenvalue weighted by atomic mass is 10.1. The molecule has 0 fully saturated rings. The molecule has 0 aliphatic carbocycles. The Bertz CT molecular complexity index is 757. The number of amides is 1. The van der Waals surface area contributed by atoms with Crippen molar-refractivity contribution in [2.75, 3.05) is 5.32 Å². The minimum absolute atomic E-state index is 0.00929. The molecular weight excluding hydrogens is 304 g/mol. The summed E-state index contributed by atoms with van der Waals surface area (Å²) in [6.45, 7) is 1.70. The Kier molecular flexibility index (Phi) is 4.91. The molecule has 0 unspecified atom stereocenters. The van der Waals surface area contributed by atoms with E-state index in [0.717, 1.165) is 5.56 Å². The minimum atomic E-state index is -0.475. The maximum Gasteiger partial charge on any atom is 0.269 e. The normalized spacial score (nSPS) is 10.6. The number of carbonyl (C=O) groups is 1. The number of halogens is 1. The number of hydrogen-bond donors (Lipinski definition) is 1. The van der Waals surface area contributed by atoms with E-state index in [1.807, 2.05) is 6.07 Å². The molecule has 112 valence electrons. The molecule has 22 heavy (non-hydrogen) atoms. The molecule has 0 radical (unpaired) electrons. The number of anilines is 1. The summed E-state index contributed by atoms with van der Waals surface area (Å²) in [5.74, 6) is -0.322. The fraction of sp³-hybridized carbons (Fsp3) is 0.0625. The van der Waals surface area contributed by atoms with Gasteiger partial charge in [-0.3, -0.25) is 14.9 Å². The highest BCUT2D eigenvalue weighted by Crippen LogP contribution is 2.21. The number of benzene rings is 2. The van der Waals surface area contributed by atoms with Gasteiger partial charge in [-0.1, -0.05) is 23.7 Å². The summed E-state index contributed by atoms with van der Waals surface area (Å²) in [6, 6.07) is 11.4. The molecule has 2 rings (SSSR count). The highest BCUT2D eigenvalue weighted by atomic mass is 35.5. The maximum absolute atomic E-state index is 11.9. The molecule has 0 aliphatic heterocycles. The van der Waals surface area contributed by atoms with Gasteiger partial charge in [0, 0.05) is 28.9 Å². The van der Waals surface area contributed by atoms with Crippen molar-refractivity contribution < 1.29 is 9.72 Å². The summed E-state index contributed by atoms with van der Waals surface area (Å²) in [5, 5.41) is 13.9. The van der Waals surface area contributed by atoms with E-state index in [1.165, 1.54) is 24.3 Å². The second-order valence-corrected chi connectivity index (χ2v) is 5.07. The van der Waals surface area contributed by atoms with Crippen LogP contribution >= 0.6 is 11.6 Å². The van der Waals surface area contributed by atoms with Crippen LogP contribution in [0.15, 0.2) is 48.5 Å². The Morgan fingerprint density at radius 2 is 2.05 bits per heavy atom. The van der Waals surface area contributed by atoms with Gasteiger partial charge in [0.05, 0.1) is 4.92 Å². The van der Waals surface area contributed by atoms with Gasteiger partial charge < -0.3 is 5.32 Å². The van der Waals surface area contributed by atoms with Crippen molar-refractivity contribution >= 4 is 35.0 Å². The molecule has 2 aromatic rings. The molecular formula is C16H13ClN2O3. The molecule has 5 nitrogen and oxygen atoms in total. The summed E-state index contributed by atoms with van der Waals surface area (Å²) in [7, 11) is 0. The van der Waals surface area contributed by atoms with E-state index in [4.69, 9.17) is 11.6 Å². The monoisotopic (exact) mass is 316 g/mol. The van der Waals surface area contributed by atoms with Crippen LogP contribution in [0, 0.1) is 17.0 Å². The lowest BCUT2D eigenvalue weighted by Gasteiger charge is -2.05. The molecule has 2 aromatic carbocycles. The first-order chi connectivity index (χ1) is 10.5. The number of non-ortho nitro benzene ring substituents is 1. The van der Waals surface area contributed by atoms with Gasteiger partial charge in [-0.05, 0) is 42.3 Å². The van der Waals surface area contributed by atoms with Gasteiger partial charge in [-0.2, -0.15) is 0 Å². The largest absolute Gasteiger partial charge is 0.322 e. The van der Waals surface area contributed by atoms with E-state index in [1.54, 1.807) is 31.2 Å². The van der Waals surface area contributed by atoms with E-state index in [9.17, 15) is 14.9 Å². The molecule has 0 atom stereocenters. The van der Waals surface area contributed by atoms with Crippen LogP contribution in [0.4, 0.5) is 11.4 Å². The van der Waals surface area contributed by atoms with Gasteiger partial charge >= 0.3 is 0 Å². The first-order valence-electron chi connectivity index (χ1n) is 6.45. The van der Waals surface area contributed by atoms with Crippen molar-refractivity contribution in [1.29, 1.82) is 0 Å². The standard InChI is InChI=1S/C16H13ClN2O3/c1-11-9-14(19(21)22)6-7-15(11)18-16(20)8-5-12-3-2-4-13(17)10-12/h2-10H,1H3,(H,18,20)/b8-5+. The van der Waals surface area contributed by atoms with Gasteiger partial charge in [0.1, 0.15) is 0 Å². The number of nitrogens with zero attached hydrogens (tertiary/aromatic N) is 1.